The second kappa shape index (κ2) is 9.44. The molecule has 2 aromatic heterocycles. The second-order valence-electron chi connectivity index (χ2n) is 8.51. The smallest absolute Gasteiger partial charge is 0.292 e. The van der Waals surface area contributed by atoms with Gasteiger partial charge in [0.25, 0.3) is 5.91 Å². The van der Waals surface area contributed by atoms with Crippen LogP contribution in [-0.4, -0.2) is 62.7 Å². The first-order chi connectivity index (χ1) is 15.8. The molecule has 2 amide bonds. The molecule has 0 radical (unpaired) electrons. The minimum absolute atomic E-state index is 0.0670. The molecule has 3 heterocycles. The Kier molecular flexibility index (Phi) is 6.44. The minimum Gasteiger partial charge on any atom is -0.351 e. The number of amides is 2. The monoisotopic (exact) mass is 447 g/mol. The molecule has 0 spiro atoms. The highest BCUT2D eigenvalue weighted by Crippen LogP contribution is 2.17. The standard InChI is InChI=1S/C25H29N5O3/c1-17-5-7-21(8-6-17)16-30-20(4)22(19(3)26-30)9-10-24(31)28-11-13-29(14-12-28)25(32)23-15-18(2)27-33-23/h5-10,15H,11-14,16H2,1-4H3. The number of carbonyl (C=O) groups excluding carboxylic acids is 2. The number of hydrogen-bond acceptors (Lipinski definition) is 5. The summed E-state index contributed by atoms with van der Waals surface area (Å²) in [5.74, 6) is -0.0195. The topological polar surface area (TPSA) is 84.5 Å². The van der Waals surface area contributed by atoms with Gasteiger partial charge in [-0.25, -0.2) is 0 Å². The first-order valence-corrected chi connectivity index (χ1v) is 11.1. The Balaban J connectivity index is 1.36. The molecular weight excluding hydrogens is 418 g/mol. The van der Waals surface area contributed by atoms with Crippen molar-refractivity contribution in [3.63, 3.8) is 0 Å². The third kappa shape index (κ3) is 5.05. The summed E-state index contributed by atoms with van der Waals surface area (Å²) >= 11 is 0. The van der Waals surface area contributed by atoms with E-state index in [9.17, 15) is 9.59 Å². The van der Waals surface area contributed by atoms with Crippen LogP contribution in [0.15, 0.2) is 40.9 Å². The lowest BCUT2D eigenvalue weighted by Gasteiger charge is -2.33. The van der Waals surface area contributed by atoms with Crippen molar-refractivity contribution in [2.24, 2.45) is 0 Å². The predicted molar refractivity (Wildman–Crippen MR) is 125 cm³/mol. The summed E-state index contributed by atoms with van der Waals surface area (Å²) in [6, 6.07) is 10.0. The van der Waals surface area contributed by atoms with E-state index < -0.39 is 0 Å². The molecule has 1 fully saturated rings. The Morgan fingerprint density at radius 3 is 2.30 bits per heavy atom. The fraction of sp³-hybridized carbons (Fsp3) is 0.360. The average Bonchev–Trinajstić information content (AvgIpc) is 3.36. The van der Waals surface area contributed by atoms with Gasteiger partial charge in [0.2, 0.25) is 11.7 Å². The van der Waals surface area contributed by atoms with E-state index in [1.165, 1.54) is 11.1 Å². The number of nitrogens with zero attached hydrogens (tertiary/aromatic N) is 5. The molecular formula is C25H29N5O3. The third-order valence-electron chi connectivity index (χ3n) is 6.00. The van der Waals surface area contributed by atoms with Gasteiger partial charge < -0.3 is 14.3 Å². The summed E-state index contributed by atoms with van der Waals surface area (Å²) in [6.45, 7) is 10.4. The van der Waals surface area contributed by atoms with Gasteiger partial charge in [0, 0.05) is 49.6 Å². The van der Waals surface area contributed by atoms with Gasteiger partial charge in [0.15, 0.2) is 0 Å². The van der Waals surface area contributed by atoms with Crippen molar-refractivity contribution in [1.29, 1.82) is 0 Å². The first-order valence-electron chi connectivity index (χ1n) is 11.1. The molecule has 172 valence electrons. The fourth-order valence-corrected chi connectivity index (χ4v) is 3.98. The summed E-state index contributed by atoms with van der Waals surface area (Å²) in [5.41, 5.74) is 5.96. The molecule has 33 heavy (non-hydrogen) atoms. The van der Waals surface area contributed by atoms with Gasteiger partial charge in [-0.15, -0.1) is 0 Å². The Labute approximate surface area is 193 Å². The van der Waals surface area contributed by atoms with Crippen LogP contribution in [0.3, 0.4) is 0 Å². The zero-order chi connectivity index (χ0) is 23.5. The van der Waals surface area contributed by atoms with Crippen LogP contribution in [0.25, 0.3) is 6.08 Å². The molecule has 0 bridgehead atoms. The number of aryl methyl sites for hydroxylation is 3. The highest BCUT2D eigenvalue weighted by molar-refractivity contribution is 5.93. The van der Waals surface area contributed by atoms with E-state index in [4.69, 9.17) is 4.52 Å². The lowest BCUT2D eigenvalue weighted by molar-refractivity contribution is -0.127. The van der Waals surface area contributed by atoms with Crippen LogP contribution in [0.5, 0.6) is 0 Å². The van der Waals surface area contributed by atoms with Crippen LogP contribution in [0.4, 0.5) is 0 Å². The number of hydrogen-bond donors (Lipinski definition) is 0. The molecule has 1 aliphatic rings. The Hall–Kier alpha value is -3.68. The van der Waals surface area contributed by atoms with E-state index in [0.717, 1.165) is 17.0 Å². The van der Waals surface area contributed by atoms with E-state index in [2.05, 4.69) is 41.4 Å². The summed E-state index contributed by atoms with van der Waals surface area (Å²) in [4.78, 5) is 28.7. The van der Waals surface area contributed by atoms with Crippen LogP contribution >= 0.6 is 0 Å². The predicted octanol–water partition coefficient (Wildman–Crippen LogP) is 3.15. The first kappa shape index (κ1) is 22.5. The molecule has 8 heteroatoms. The van der Waals surface area contributed by atoms with Gasteiger partial charge in [-0.2, -0.15) is 5.10 Å². The maximum absolute atomic E-state index is 12.8. The van der Waals surface area contributed by atoms with Crippen LogP contribution < -0.4 is 0 Å². The normalized spacial score (nSPS) is 14.3. The van der Waals surface area contributed by atoms with Crippen LogP contribution in [0.1, 0.15) is 44.3 Å². The minimum atomic E-state index is -0.189. The van der Waals surface area contributed by atoms with Gasteiger partial charge in [-0.1, -0.05) is 35.0 Å². The van der Waals surface area contributed by atoms with Crippen LogP contribution in [-0.2, 0) is 11.3 Å². The summed E-state index contributed by atoms with van der Waals surface area (Å²) in [6.07, 6.45) is 3.45. The Morgan fingerprint density at radius 2 is 1.67 bits per heavy atom. The van der Waals surface area contributed by atoms with Crippen LogP contribution in [0.2, 0.25) is 0 Å². The van der Waals surface area contributed by atoms with Crippen molar-refractivity contribution in [3.05, 3.63) is 75.9 Å². The molecule has 0 N–H and O–H groups in total. The number of piperazine rings is 1. The van der Waals surface area contributed by atoms with Crippen molar-refractivity contribution in [1.82, 2.24) is 24.7 Å². The van der Waals surface area contributed by atoms with Gasteiger partial charge in [0.05, 0.1) is 17.9 Å². The summed E-state index contributed by atoms with van der Waals surface area (Å²) < 4.78 is 7.04. The van der Waals surface area contributed by atoms with Crippen molar-refractivity contribution < 1.29 is 14.1 Å². The Bertz CT molecular complexity index is 1180. The van der Waals surface area contributed by atoms with Crippen molar-refractivity contribution >= 4 is 17.9 Å². The van der Waals surface area contributed by atoms with E-state index in [1.807, 2.05) is 24.6 Å². The molecule has 0 atom stereocenters. The number of aromatic nitrogens is 3. The van der Waals surface area contributed by atoms with E-state index >= 15 is 0 Å². The molecule has 1 aliphatic heterocycles. The summed E-state index contributed by atoms with van der Waals surface area (Å²) in [5, 5.41) is 8.43. The zero-order valence-electron chi connectivity index (χ0n) is 19.5. The Morgan fingerprint density at radius 1 is 1.00 bits per heavy atom. The number of rotatable bonds is 5. The zero-order valence-corrected chi connectivity index (χ0v) is 19.5. The van der Waals surface area contributed by atoms with Crippen molar-refractivity contribution in [3.8, 4) is 0 Å². The largest absolute Gasteiger partial charge is 0.351 e. The second-order valence-corrected chi connectivity index (χ2v) is 8.51. The molecule has 1 saturated heterocycles. The highest BCUT2D eigenvalue weighted by Gasteiger charge is 2.26. The molecule has 4 rings (SSSR count). The van der Waals surface area contributed by atoms with Gasteiger partial charge in [0.1, 0.15) is 0 Å². The number of carbonyl (C=O) groups is 2. The summed E-state index contributed by atoms with van der Waals surface area (Å²) in [7, 11) is 0. The highest BCUT2D eigenvalue weighted by atomic mass is 16.5. The van der Waals surface area contributed by atoms with Crippen molar-refractivity contribution in [2.45, 2.75) is 34.2 Å². The van der Waals surface area contributed by atoms with Crippen LogP contribution in [0, 0.1) is 27.7 Å². The average molecular weight is 448 g/mol. The SMILES string of the molecule is Cc1ccc(Cn2nc(C)c(C=CC(=O)N3CCN(C(=O)c4cc(C)no4)CC3)c2C)cc1. The molecule has 0 unspecified atom stereocenters. The van der Waals surface area contributed by atoms with Gasteiger partial charge in [-0.3, -0.25) is 14.3 Å². The maximum Gasteiger partial charge on any atom is 0.292 e. The lowest BCUT2D eigenvalue weighted by atomic mass is 10.1. The lowest BCUT2D eigenvalue weighted by Crippen LogP contribution is -2.50. The maximum atomic E-state index is 12.8. The quantitative estimate of drug-likeness (QED) is 0.561. The molecule has 3 aromatic rings. The van der Waals surface area contributed by atoms with Gasteiger partial charge in [-0.05, 0) is 39.3 Å². The van der Waals surface area contributed by atoms with Crippen molar-refractivity contribution in [2.75, 3.05) is 26.2 Å². The van der Waals surface area contributed by atoms with Gasteiger partial charge >= 0.3 is 0 Å². The molecule has 1 aromatic carbocycles. The molecule has 0 aliphatic carbocycles. The fourth-order valence-electron chi connectivity index (χ4n) is 3.98. The van der Waals surface area contributed by atoms with E-state index in [1.54, 1.807) is 28.9 Å². The van der Waals surface area contributed by atoms with E-state index in [0.29, 0.717) is 38.4 Å². The third-order valence-corrected chi connectivity index (χ3v) is 6.00. The molecule has 0 saturated carbocycles. The van der Waals surface area contributed by atoms with E-state index in [-0.39, 0.29) is 17.6 Å². The molecule has 8 nitrogen and oxygen atoms in total. The number of benzene rings is 1.